The molecule has 8 heteroatoms. The van der Waals surface area contributed by atoms with Gasteiger partial charge in [-0.1, -0.05) is 35.9 Å². The molecular weight excluding hydrogens is 478 g/mol. The van der Waals surface area contributed by atoms with Crippen LogP contribution in [-0.2, 0) is 17.0 Å². The first-order valence-electron chi connectivity index (χ1n) is 13.3. The second-order valence-electron chi connectivity index (χ2n) is 8.91. The van der Waals surface area contributed by atoms with Crippen molar-refractivity contribution in [3.05, 3.63) is 99.3 Å². The lowest BCUT2D eigenvalue weighted by Gasteiger charge is -2.40. The smallest absolute Gasteiger partial charge is 0.257 e. The Balaban J connectivity index is 1.76. The first kappa shape index (κ1) is 19.6. The normalized spacial score (nSPS) is 22.1. The number of rotatable bonds is 8. The first-order valence-corrected chi connectivity index (χ1v) is 11.6. The van der Waals surface area contributed by atoms with Crippen molar-refractivity contribution in [1.82, 2.24) is 9.88 Å². The molecule has 1 saturated carbocycles. The second kappa shape index (κ2) is 9.14. The Bertz CT molecular complexity index is 1550. The summed E-state index contributed by atoms with van der Waals surface area (Å²) >= 11 is 6.17. The van der Waals surface area contributed by atoms with Gasteiger partial charge in [-0.3, -0.25) is 19.5 Å². The number of aliphatic hydroxyl groups is 1. The standard InChI is InChI=1S/C28H24ClN3O4/c1-18(34)20-3-9-25-24(12-20)26(35)32(15-23-8-2-19(13-30)14-31-23)28(25,21-4-6-22(29)7-5-21)36-17-27(16-33)10-11-27/h2-9,12,14,33H,10-11,15-17H2,1H3/i16D2,17D2. The van der Waals surface area contributed by atoms with E-state index < -0.39 is 30.2 Å². The van der Waals surface area contributed by atoms with Gasteiger partial charge in [0.15, 0.2) is 11.5 Å². The molecule has 1 aliphatic heterocycles. The molecular formula is C28H24ClN3O4. The van der Waals surface area contributed by atoms with Gasteiger partial charge in [-0.2, -0.15) is 5.26 Å². The summed E-state index contributed by atoms with van der Waals surface area (Å²) in [5.41, 5.74) is -2.26. The van der Waals surface area contributed by atoms with E-state index in [0.717, 1.165) is 0 Å². The van der Waals surface area contributed by atoms with Crippen LogP contribution in [0, 0.1) is 16.7 Å². The minimum absolute atomic E-state index is 0.0153. The van der Waals surface area contributed by atoms with Crippen LogP contribution in [0.2, 0.25) is 5.02 Å². The summed E-state index contributed by atoms with van der Waals surface area (Å²) in [5.74, 6) is -0.853. The zero-order chi connectivity index (χ0) is 29.1. The molecule has 1 unspecified atom stereocenters. The molecule has 1 aromatic heterocycles. The van der Waals surface area contributed by atoms with Crippen molar-refractivity contribution >= 4 is 23.3 Å². The number of halogens is 1. The summed E-state index contributed by atoms with van der Waals surface area (Å²) in [6, 6.07) is 15.8. The number of amides is 1. The summed E-state index contributed by atoms with van der Waals surface area (Å²) in [6.07, 6.45) is 1.38. The number of carbonyl (C=O) groups excluding carboxylic acids is 2. The van der Waals surface area contributed by atoms with E-state index in [1.807, 2.05) is 6.07 Å². The molecule has 0 bridgehead atoms. The van der Waals surface area contributed by atoms with E-state index in [2.05, 4.69) is 4.98 Å². The Morgan fingerprint density at radius 3 is 2.58 bits per heavy atom. The lowest BCUT2D eigenvalue weighted by molar-refractivity contribution is -0.129. The molecule has 1 aliphatic carbocycles. The maximum absolute atomic E-state index is 14.1. The number of Topliss-reactive ketones (excluding diaryl/α,β-unsaturated/α-hetero) is 1. The topological polar surface area (TPSA) is 104 Å². The van der Waals surface area contributed by atoms with Crippen LogP contribution < -0.4 is 0 Å². The van der Waals surface area contributed by atoms with Crippen molar-refractivity contribution in [2.75, 3.05) is 13.1 Å². The molecule has 0 radical (unpaired) electrons. The molecule has 1 N–H and O–H groups in total. The van der Waals surface area contributed by atoms with Gasteiger partial charge in [0.05, 0.1) is 36.4 Å². The average molecular weight is 506 g/mol. The van der Waals surface area contributed by atoms with Crippen LogP contribution in [0.1, 0.15) is 68.3 Å². The fourth-order valence-electron chi connectivity index (χ4n) is 4.29. The highest BCUT2D eigenvalue weighted by atomic mass is 35.5. The van der Waals surface area contributed by atoms with Crippen LogP contribution >= 0.6 is 11.6 Å². The number of nitrogens with zero attached hydrogens (tertiary/aromatic N) is 3. The van der Waals surface area contributed by atoms with Gasteiger partial charge in [-0.15, -0.1) is 0 Å². The van der Waals surface area contributed by atoms with Gasteiger partial charge in [0, 0.05) is 38.9 Å². The highest BCUT2D eigenvalue weighted by molar-refractivity contribution is 6.30. The Kier molecular flexibility index (Phi) is 4.98. The zero-order valence-electron chi connectivity index (χ0n) is 23.3. The minimum atomic E-state index is -2.92. The van der Waals surface area contributed by atoms with E-state index in [1.165, 1.54) is 42.3 Å². The van der Waals surface area contributed by atoms with Gasteiger partial charge in [0.1, 0.15) is 6.07 Å². The summed E-state index contributed by atoms with van der Waals surface area (Å²) < 4.78 is 40.2. The Labute approximate surface area is 219 Å². The van der Waals surface area contributed by atoms with Crippen LogP contribution in [0.15, 0.2) is 60.8 Å². The van der Waals surface area contributed by atoms with E-state index in [-0.39, 0.29) is 41.9 Å². The number of nitriles is 1. The number of hydrogen-bond acceptors (Lipinski definition) is 6. The van der Waals surface area contributed by atoms with E-state index in [4.69, 9.17) is 27.1 Å². The largest absolute Gasteiger partial charge is 0.396 e. The van der Waals surface area contributed by atoms with E-state index >= 15 is 0 Å². The number of ketones is 1. The van der Waals surface area contributed by atoms with Crippen molar-refractivity contribution in [3.63, 3.8) is 0 Å². The molecule has 1 amide bonds. The maximum atomic E-state index is 14.1. The van der Waals surface area contributed by atoms with Crippen LogP contribution in [-0.4, -0.2) is 39.8 Å². The van der Waals surface area contributed by atoms with Crippen molar-refractivity contribution < 1.29 is 24.9 Å². The summed E-state index contributed by atoms with van der Waals surface area (Å²) in [4.78, 5) is 31.8. The fourth-order valence-corrected chi connectivity index (χ4v) is 4.41. The van der Waals surface area contributed by atoms with Gasteiger partial charge < -0.3 is 9.84 Å². The van der Waals surface area contributed by atoms with Gasteiger partial charge in [-0.05, 0) is 50.1 Å². The Hall–Kier alpha value is -3.57. The molecule has 5 rings (SSSR count). The van der Waals surface area contributed by atoms with Gasteiger partial charge >= 0.3 is 0 Å². The number of hydrogen-bond donors (Lipinski definition) is 1. The number of carbonyl (C=O) groups is 2. The van der Waals surface area contributed by atoms with Crippen LogP contribution in [0.3, 0.4) is 0 Å². The number of aromatic nitrogens is 1. The lowest BCUT2D eigenvalue weighted by atomic mass is 9.91. The molecule has 2 aromatic carbocycles. The van der Waals surface area contributed by atoms with Crippen LogP contribution in [0.25, 0.3) is 0 Å². The SMILES string of the molecule is [2H]C([2H])(O)C1(C([2H])([2H])OC2(c3ccc(Cl)cc3)c3ccc(C(C)=O)cc3C(=O)N2Cc2ccc(C#N)cn2)CC1. The Morgan fingerprint density at radius 1 is 1.25 bits per heavy atom. The zero-order valence-corrected chi connectivity index (χ0v) is 20.0. The predicted octanol–water partition coefficient (Wildman–Crippen LogP) is 4.46. The Morgan fingerprint density at radius 2 is 2.00 bits per heavy atom. The van der Waals surface area contributed by atoms with E-state index in [9.17, 15) is 14.7 Å². The molecule has 1 atom stereocenters. The molecule has 0 saturated heterocycles. The molecule has 182 valence electrons. The quantitative estimate of drug-likeness (QED) is 0.453. The molecule has 7 nitrogen and oxygen atoms in total. The summed E-state index contributed by atoms with van der Waals surface area (Å²) in [6.45, 7) is -4.52. The predicted molar refractivity (Wildman–Crippen MR) is 132 cm³/mol. The molecule has 0 spiro atoms. The highest BCUT2D eigenvalue weighted by Gasteiger charge is 2.54. The van der Waals surface area contributed by atoms with Gasteiger partial charge in [0.2, 0.25) is 0 Å². The highest BCUT2D eigenvalue weighted by Crippen LogP contribution is 2.51. The third-order valence-electron chi connectivity index (χ3n) is 6.51. The lowest BCUT2D eigenvalue weighted by Crippen LogP contribution is -2.47. The van der Waals surface area contributed by atoms with Crippen molar-refractivity contribution in [1.29, 1.82) is 5.26 Å². The molecule has 3 aromatic rings. The fraction of sp³-hybridized carbons (Fsp3) is 0.286. The molecule has 2 aliphatic rings. The second-order valence-corrected chi connectivity index (χ2v) is 9.34. The third kappa shape index (κ3) is 4.07. The minimum Gasteiger partial charge on any atom is -0.396 e. The van der Waals surface area contributed by atoms with E-state index in [0.29, 0.717) is 21.8 Å². The van der Waals surface area contributed by atoms with Gasteiger partial charge in [-0.25, -0.2) is 0 Å². The summed E-state index contributed by atoms with van der Waals surface area (Å²) in [7, 11) is 0. The number of pyridine rings is 1. The first-order chi connectivity index (χ1) is 18.8. The number of benzene rings is 2. The summed E-state index contributed by atoms with van der Waals surface area (Å²) in [5, 5.41) is 19.9. The molecule has 1 fully saturated rings. The van der Waals surface area contributed by atoms with Crippen molar-refractivity contribution in [3.8, 4) is 6.07 Å². The van der Waals surface area contributed by atoms with Gasteiger partial charge in [0.25, 0.3) is 5.91 Å². The monoisotopic (exact) mass is 505 g/mol. The molecule has 2 heterocycles. The van der Waals surface area contributed by atoms with Crippen molar-refractivity contribution in [2.45, 2.75) is 32.0 Å². The molecule has 36 heavy (non-hydrogen) atoms. The number of fused-ring (bicyclic) bond motifs is 1. The maximum Gasteiger partial charge on any atom is 0.257 e. The van der Waals surface area contributed by atoms with Crippen LogP contribution in [0.4, 0.5) is 0 Å². The van der Waals surface area contributed by atoms with Crippen LogP contribution in [0.5, 0.6) is 0 Å². The number of ether oxygens (including phenoxy) is 1. The average Bonchev–Trinajstić information content (AvgIpc) is 3.71. The third-order valence-corrected chi connectivity index (χ3v) is 6.77. The van der Waals surface area contributed by atoms with E-state index in [1.54, 1.807) is 30.3 Å². The van der Waals surface area contributed by atoms with Crippen molar-refractivity contribution in [2.24, 2.45) is 5.41 Å².